The van der Waals surface area contributed by atoms with Gasteiger partial charge >= 0.3 is 0 Å². The normalized spacial score (nSPS) is 19.8. The lowest BCUT2D eigenvalue weighted by Crippen LogP contribution is -2.37. The van der Waals surface area contributed by atoms with Crippen LogP contribution in [0.1, 0.15) is 64.9 Å². The monoisotopic (exact) mass is 430 g/mol. The molecule has 0 unspecified atom stereocenters. The second kappa shape index (κ2) is 10.6. The Hall–Kier alpha value is -2.61. The number of pyridine rings is 1. The molecule has 3 rings (SSSR count). The molecule has 0 aliphatic heterocycles. The molecule has 0 saturated heterocycles. The predicted molar refractivity (Wildman–Crippen MR) is 115 cm³/mol. The Kier molecular flexibility index (Phi) is 7.90. The zero-order chi connectivity index (χ0) is 22.4. The molecule has 0 aromatic carbocycles. The van der Waals surface area contributed by atoms with E-state index in [4.69, 9.17) is 9.47 Å². The largest absolute Gasteiger partial charge is 0.472 e. The molecule has 168 valence electrons. The van der Waals surface area contributed by atoms with E-state index in [-0.39, 0.29) is 30.0 Å². The number of hydrogen-bond donors (Lipinski definition) is 1. The smallest absolute Gasteiger partial charge is 0.250 e. The number of ether oxygens (including phenoxy) is 2. The van der Waals surface area contributed by atoms with E-state index in [2.05, 4.69) is 34.1 Å². The van der Waals surface area contributed by atoms with Crippen LogP contribution in [-0.4, -0.2) is 45.7 Å². The van der Waals surface area contributed by atoms with Crippen LogP contribution in [0.5, 0.6) is 5.88 Å². The van der Waals surface area contributed by atoms with Crippen LogP contribution in [0.2, 0.25) is 0 Å². The van der Waals surface area contributed by atoms with Gasteiger partial charge < -0.3 is 14.8 Å². The van der Waals surface area contributed by atoms with Crippen molar-refractivity contribution < 1.29 is 18.7 Å². The van der Waals surface area contributed by atoms with Gasteiger partial charge in [0.25, 0.3) is 5.88 Å². The first-order valence-corrected chi connectivity index (χ1v) is 10.8. The van der Waals surface area contributed by atoms with Crippen molar-refractivity contribution in [1.82, 2.24) is 20.3 Å². The van der Waals surface area contributed by atoms with E-state index in [0.717, 1.165) is 31.2 Å². The van der Waals surface area contributed by atoms with Gasteiger partial charge in [-0.1, -0.05) is 13.8 Å². The second-order valence-corrected chi connectivity index (χ2v) is 8.46. The Labute approximate surface area is 182 Å². The van der Waals surface area contributed by atoms with Gasteiger partial charge in [-0.15, -0.1) is 0 Å². The minimum absolute atomic E-state index is 0.00574. The van der Waals surface area contributed by atoms with Gasteiger partial charge in [0.05, 0.1) is 12.7 Å². The van der Waals surface area contributed by atoms with Gasteiger partial charge in [0, 0.05) is 37.1 Å². The lowest BCUT2D eigenvalue weighted by molar-refractivity contribution is -0.120. The third-order valence-electron chi connectivity index (χ3n) is 5.34. The van der Waals surface area contributed by atoms with Gasteiger partial charge in [0.15, 0.2) is 11.6 Å². The standard InChI is InChI=1S/C23H31FN4O3/c1-14(2)18-11-25-22(26-12-18)17-9-21(24)23(27-10-17)31-20-7-5-19(6-8-20)30-13-15(3)28-16(4)29/h9-12,14-15,19-20H,5-8,13H2,1-4H3,(H,28,29)/t15-,19?,20?/m0/s1. The van der Waals surface area contributed by atoms with Gasteiger partial charge in [-0.05, 0) is 50.2 Å². The van der Waals surface area contributed by atoms with E-state index in [1.807, 2.05) is 6.92 Å². The lowest BCUT2D eigenvalue weighted by atomic mass is 9.95. The molecule has 1 N–H and O–H groups in total. The van der Waals surface area contributed by atoms with Gasteiger partial charge in [-0.25, -0.2) is 19.3 Å². The number of nitrogens with one attached hydrogen (secondary N) is 1. The molecule has 7 nitrogen and oxygen atoms in total. The molecule has 31 heavy (non-hydrogen) atoms. The van der Waals surface area contributed by atoms with E-state index < -0.39 is 5.82 Å². The highest BCUT2D eigenvalue weighted by Crippen LogP contribution is 2.27. The van der Waals surface area contributed by atoms with Crippen molar-refractivity contribution in [3.05, 3.63) is 36.0 Å². The quantitative estimate of drug-likeness (QED) is 0.680. The first-order valence-electron chi connectivity index (χ1n) is 10.8. The van der Waals surface area contributed by atoms with E-state index in [9.17, 15) is 9.18 Å². The van der Waals surface area contributed by atoms with Crippen molar-refractivity contribution >= 4 is 5.91 Å². The first kappa shape index (κ1) is 23.1. The second-order valence-electron chi connectivity index (χ2n) is 8.46. The van der Waals surface area contributed by atoms with Crippen LogP contribution in [0, 0.1) is 5.82 Å². The maximum atomic E-state index is 14.6. The summed E-state index contributed by atoms with van der Waals surface area (Å²) in [5, 5.41) is 2.81. The number of amides is 1. The minimum Gasteiger partial charge on any atom is -0.472 e. The summed E-state index contributed by atoms with van der Waals surface area (Å²) in [5.74, 6) is 0.199. The van der Waals surface area contributed by atoms with Crippen LogP contribution >= 0.6 is 0 Å². The fraction of sp³-hybridized carbons (Fsp3) is 0.565. The van der Waals surface area contributed by atoms with Crippen LogP contribution in [-0.2, 0) is 9.53 Å². The fourth-order valence-electron chi connectivity index (χ4n) is 3.56. The van der Waals surface area contributed by atoms with Crippen LogP contribution in [0.3, 0.4) is 0 Å². The lowest BCUT2D eigenvalue weighted by Gasteiger charge is -2.29. The van der Waals surface area contributed by atoms with Crippen LogP contribution in [0.25, 0.3) is 11.4 Å². The highest BCUT2D eigenvalue weighted by Gasteiger charge is 2.25. The number of carbonyl (C=O) groups is 1. The highest BCUT2D eigenvalue weighted by molar-refractivity contribution is 5.73. The average molecular weight is 431 g/mol. The molecule has 2 aromatic heterocycles. The highest BCUT2D eigenvalue weighted by atomic mass is 19.1. The summed E-state index contributed by atoms with van der Waals surface area (Å²) in [5.41, 5.74) is 1.55. The van der Waals surface area contributed by atoms with Crippen molar-refractivity contribution in [2.75, 3.05) is 6.61 Å². The van der Waals surface area contributed by atoms with E-state index in [0.29, 0.717) is 23.9 Å². The van der Waals surface area contributed by atoms with Crippen LogP contribution < -0.4 is 10.1 Å². The molecule has 0 radical (unpaired) electrons. The molecule has 0 spiro atoms. The first-order chi connectivity index (χ1) is 14.8. The van der Waals surface area contributed by atoms with Crippen LogP contribution in [0.15, 0.2) is 24.7 Å². The SMILES string of the molecule is CC(=O)N[C@@H](C)COC1CCC(Oc2ncc(-c3ncc(C(C)C)cn3)cc2F)CC1. The van der Waals surface area contributed by atoms with E-state index in [1.165, 1.54) is 13.0 Å². The Bertz CT molecular complexity index is 868. The summed E-state index contributed by atoms with van der Waals surface area (Å²) in [6.45, 7) is 8.02. The minimum atomic E-state index is -0.517. The third kappa shape index (κ3) is 6.69. The topological polar surface area (TPSA) is 86.2 Å². The molecule has 1 amide bonds. The molecule has 1 saturated carbocycles. The molecule has 1 aliphatic carbocycles. The summed E-state index contributed by atoms with van der Waals surface area (Å²) in [6, 6.07) is 1.35. The summed E-state index contributed by atoms with van der Waals surface area (Å²) in [4.78, 5) is 23.9. The van der Waals surface area contributed by atoms with Crippen molar-refractivity contribution in [3.8, 4) is 17.3 Å². The van der Waals surface area contributed by atoms with Crippen molar-refractivity contribution in [3.63, 3.8) is 0 Å². The van der Waals surface area contributed by atoms with Crippen molar-refractivity contribution in [1.29, 1.82) is 0 Å². The summed E-state index contributed by atoms with van der Waals surface area (Å²) < 4.78 is 26.3. The molecule has 1 atom stereocenters. The van der Waals surface area contributed by atoms with Crippen molar-refractivity contribution in [2.24, 2.45) is 0 Å². The Morgan fingerprint density at radius 2 is 1.74 bits per heavy atom. The fourth-order valence-corrected chi connectivity index (χ4v) is 3.56. The summed E-state index contributed by atoms with van der Waals surface area (Å²) in [6.07, 6.45) is 8.27. The molecule has 2 heterocycles. The number of halogens is 1. The Morgan fingerprint density at radius 1 is 1.10 bits per heavy atom. The number of rotatable bonds is 8. The third-order valence-corrected chi connectivity index (χ3v) is 5.34. The predicted octanol–water partition coefficient (Wildman–Crippen LogP) is 4.03. The van der Waals surface area contributed by atoms with E-state index in [1.54, 1.807) is 18.6 Å². The maximum Gasteiger partial charge on any atom is 0.250 e. The zero-order valence-electron chi connectivity index (χ0n) is 18.6. The van der Waals surface area contributed by atoms with Gasteiger partial charge in [-0.2, -0.15) is 0 Å². The Balaban J connectivity index is 1.50. The Morgan fingerprint density at radius 3 is 2.32 bits per heavy atom. The molecule has 1 aliphatic rings. The summed E-state index contributed by atoms with van der Waals surface area (Å²) >= 11 is 0. The number of nitrogens with zero attached hydrogens (tertiary/aromatic N) is 3. The van der Waals surface area contributed by atoms with Gasteiger partial charge in [0.2, 0.25) is 5.91 Å². The molecule has 1 fully saturated rings. The number of carbonyl (C=O) groups excluding carboxylic acids is 1. The molecular formula is C23H31FN4O3. The maximum absolute atomic E-state index is 14.6. The van der Waals surface area contributed by atoms with E-state index >= 15 is 0 Å². The summed E-state index contributed by atoms with van der Waals surface area (Å²) in [7, 11) is 0. The van der Waals surface area contributed by atoms with Crippen molar-refractivity contribution in [2.45, 2.75) is 77.5 Å². The number of hydrogen-bond acceptors (Lipinski definition) is 6. The van der Waals surface area contributed by atoms with Crippen LogP contribution in [0.4, 0.5) is 4.39 Å². The zero-order valence-corrected chi connectivity index (χ0v) is 18.6. The molecular weight excluding hydrogens is 399 g/mol. The molecule has 2 aromatic rings. The van der Waals surface area contributed by atoms with Gasteiger partial charge in [0.1, 0.15) is 6.10 Å². The average Bonchev–Trinajstić information content (AvgIpc) is 2.74. The molecule has 0 bridgehead atoms. The molecule has 8 heteroatoms. The number of aromatic nitrogens is 3. The van der Waals surface area contributed by atoms with Gasteiger partial charge in [-0.3, -0.25) is 4.79 Å².